The third kappa shape index (κ3) is 5.29. The first-order valence-corrected chi connectivity index (χ1v) is 12.2. The van der Waals surface area contributed by atoms with E-state index < -0.39 is 11.9 Å². The Morgan fingerprint density at radius 2 is 1.97 bits per heavy atom. The molecular formula is C27H30F3NO5. The highest BCUT2D eigenvalue weighted by atomic mass is 19.4. The second-order valence-corrected chi connectivity index (χ2v) is 9.07. The number of benzene rings is 2. The van der Waals surface area contributed by atoms with Gasteiger partial charge in [0.25, 0.3) is 0 Å². The minimum absolute atomic E-state index is 0.0542. The number of ether oxygens (including phenoxy) is 3. The van der Waals surface area contributed by atoms with Gasteiger partial charge in [0.2, 0.25) is 0 Å². The highest BCUT2D eigenvalue weighted by Gasteiger charge is 2.37. The van der Waals surface area contributed by atoms with Crippen molar-refractivity contribution >= 4 is 16.9 Å². The molecular weight excluding hydrogens is 475 g/mol. The van der Waals surface area contributed by atoms with Crippen molar-refractivity contribution in [1.29, 1.82) is 0 Å². The first kappa shape index (κ1) is 25.9. The number of hydrogen-bond donors (Lipinski definition) is 0. The molecule has 6 nitrogen and oxygen atoms in total. The number of aryl methyl sites for hydroxylation is 2. The van der Waals surface area contributed by atoms with Gasteiger partial charge in [0.15, 0.2) is 11.3 Å². The van der Waals surface area contributed by atoms with E-state index in [1.165, 1.54) is 24.3 Å². The summed E-state index contributed by atoms with van der Waals surface area (Å²) in [6, 6.07) is 8.86. The molecule has 0 saturated carbocycles. The van der Waals surface area contributed by atoms with Crippen LogP contribution in [0.4, 0.5) is 13.2 Å². The molecule has 1 aromatic heterocycles. The first-order valence-electron chi connectivity index (χ1n) is 12.2. The van der Waals surface area contributed by atoms with Crippen LogP contribution in [-0.4, -0.2) is 31.4 Å². The zero-order chi connectivity index (χ0) is 25.9. The zero-order valence-electron chi connectivity index (χ0n) is 20.6. The van der Waals surface area contributed by atoms with Gasteiger partial charge in [-0.1, -0.05) is 31.5 Å². The van der Waals surface area contributed by atoms with Crippen LogP contribution in [0.1, 0.15) is 61.4 Å². The fraction of sp³-hybridized carbons (Fsp3) is 0.481. The molecule has 9 heteroatoms. The Labute approximate surface area is 207 Å². The Morgan fingerprint density at radius 3 is 2.69 bits per heavy atom. The number of methoxy groups -OCH3 is 1. The summed E-state index contributed by atoms with van der Waals surface area (Å²) in [5.74, 6) is 1.03. The van der Waals surface area contributed by atoms with Gasteiger partial charge in [-0.05, 0) is 60.6 Å². The summed E-state index contributed by atoms with van der Waals surface area (Å²) in [5, 5.41) is 3.19. The average molecular weight is 506 g/mol. The molecule has 1 aliphatic rings. The minimum Gasteiger partial charge on any atom is -0.493 e. The van der Waals surface area contributed by atoms with Crippen LogP contribution in [0.5, 0.6) is 11.5 Å². The normalized spacial score (nSPS) is 16.1. The molecule has 36 heavy (non-hydrogen) atoms. The van der Waals surface area contributed by atoms with Crippen molar-refractivity contribution < 1.29 is 36.7 Å². The molecule has 194 valence electrons. The van der Waals surface area contributed by atoms with Crippen molar-refractivity contribution in [1.82, 2.24) is 5.16 Å². The SMILES string of the molecule is CCCc1c(OCCCOc2ccc3c(c2)CC[C@@H]3C(C)C(=O)OC)ccc2c(C(F)(F)F)noc12. The van der Waals surface area contributed by atoms with Gasteiger partial charge in [-0.2, -0.15) is 13.2 Å². The standard InChI is InChI=1S/C27H30F3NO5/c1-4-6-21-23(12-11-22-24(21)36-31-25(22)27(28,29)30)35-14-5-13-34-18-8-10-20-17(15-18)7-9-19(20)16(2)26(32)33-3/h8,10-12,15-16,19H,4-7,9,13-14H2,1-3H3/t16?,19-/m1/s1. The van der Waals surface area contributed by atoms with Crippen molar-refractivity contribution in [3.05, 3.63) is 52.7 Å². The monoisotopic (exact) mass is 505 g/mol. The summed E-state index contributed by atoms with van der Waals surface area (Å²) in [6.07, 6.45) is -0.955. The van der Waals surface area contributed by atoms with Crippen molar-refractivity contribution in [3.63, 3.8) is 0 Å². The number of carbonyl (C=O) groups excluding carboxylic acids is 1. The van der Waals surface area contributed by atoms with Gasteiger partial charge >= 0.3 is 12.1 Å². The zero-order valence-corrected chi connectivity index (χ0v) is 20.6. The number of halogens is 3. The fourth-order valence-electron chi connectivity index (χ4n) is 4.88. The molecule has 0 N–H and O–H groups in total. The predicted molar refractivity (Wildman–Crippen MR) is 127 cm³/mol. The van der Waals surface area contributed by atoms with E-state index in [9.17, 15) is 18.0 Å². The number of carbonyl (C=O) groups is 1. The third-order valence-corrected chi connectivity index (χ3v) is 6.70. The van der Waals surface area contributed by atoms with E-state index in [0.717, 1.165) is 25.0 Å². The number of alkyl halides is 3. The van der Waals surface area contributed by atoms with Crippen molar-refractivity contribution in [2.75, 3.05) is 20.3 Å². The minimum atomic E-state index is -4.58. The Hall–Kier alpha value is -3.23. The fourth-order valence-corrected chi connectivity index (χ4v) is 4.88. The first-order chi connectivity index (χ1) is 17.2. The van der Waals surface area contributed by atoms with Crippen LogP contribution < -0.4 is 9.47 Å². The van der Waals surface area contributed by atoms with Crippen LogP contribution in [0, 0.1) is 5.92 Å². The highest BCUT2D eigenvalue weighted by Crippen LogP contribution is 2.40. The van der Waals surface area contributed by atoms with Gasteiger partial charge in [0.1, 0.15) is 11.5 Å². The highest BCUT2D eigenvalue weighted by molar-refractivity contribution is 5.85. The summed E-state index contributed by atoms with van der Waals surface area (Å²) in [6.45, 7) is 4.60. The molecule has 0 bridgehead atoms. The number of hydrogen-bond acceptors (Lipinski definition) is 6. The van der Waals surface area contributed by atoms with E-state index in [0.29, 0.717) is 37.4 Å². The Morgan fingerprint density at radius 1 is 1.19 bits per heavy atom. The van der Waals surface area contributed by atoms with Crippen LogP contribution >= 0.6 is 0 Å². The van der Waals surface area contributed by atoms with E-state index in [1.54, 1.807) is 6.07 Å². The van der Waals surface area contributed by atoms with E-state index in [2.05, 4.69) is 5.16 Å². The lowest BCUT2D eigenvalue weighted by molar-refractivity contribution is -0.145. The molecule has 4 rings (SSSR count). The molecule has 2 aromatic carbocycles. The van der Waals surface area contributed by atoms with Crippen molar-refractivity contribution in [2.45, 2.75) is 58.0 Å². The second kappa shape index (κ2) is 10.8. The Kier molecular flexibility index (Phi) is 7.76. The van der Waals surface area contributed by atoms with Crippen LogP contribution in [-0.2, 0) is 28.5 Å². The maximum atomic E-state index is 13.2. The second-order valence-electron chi connectivity index (χ2n) is 9.07. The summed E-state index contributed by atoms with van der Waals surface area (Å²) in [4.78, 5) is 11.9. The predicted octanol–water partition coefficient (Wildman–Crippen LogP) is 6.49. The van der Waals surface area contributed by atoms with E-state index in [4.69, 9.17) is 18.7 Å². The van der Waals surface area contributed by atoms with Crippen LogP contribution in [0.3, 0.4) is 0 Å². The van der Waals surface area contributed by atoms with Gasteiger partial charge in [0.05, 0.1) is 31.6 Å². The largest absolute Gasteiger partial charge is 0.493 e. The van der Waals surface area contributed by atoms with Gasteiger partial charge in [-0.25, -0.2) is 0 Å². The third-order valence-electron chi connectivity index (χ3n) is 6.70. The molecule has 0 spiro atoms. The number of esters is 1. The molecule has 0 aliphatic heterocycles. The lowest BCUT2D eigenvalue weighted by Gasteiger charge is -2.18. The molecule has 1 aliphatic carbocycles. The molecule has 0 fully saturated rings. The van der Waals surface area contributed by atoms with E-state index in [1.807, 2.05) is 32.0 Å². The number of rotatable bonds is 10. The molecule has 0 radical (unpaired) electrons. The summed E-state index contributed by atoms with van der Waals surface area (Å²) >= 11 is 0. The van der Waals surface area contributed by atoms with Gasteiger partial charge < -0.3 is 18.7 Å². The van der Waals surface area contributed by atoms with Crippen molar-refractivity contribution in [2.24, 2.45) is 5.92 Å². The average Bonchev–Trinajstić information content (AvgIpc) is 3.48. The lowest BCUT2D eigenvalue weighted by atomic mass is 9.89. The molecule has 1 heterocycles. The van der Waals surface area contributed by atoms with Gasteiger partial charge in [0, 0.05) is 12.0 Å². The number of aromatic nitrogens is 1. The molecule has 0 saturated heterocycles. The number of fused-ring (bicyclic) bond motifs is 2. The summed E-state index contributed by atoms with van der Waals surface area (Å²) in [7, 11) is 1.41. The summed E-state index contributed by atoms with van der Waals surface area (Å²) < 4.78 is 61.3. The van der Waals surface area contributed by atoms with Crippen molar-refractivity contribution in [3.8, 4) is 11.5 Å². The quantitative estimate of drug-likeness (QED) is 0.232. The van der Waals surface area contributed by atoms with Crippen LogP contribution in [0.25, 0.3) is 11.0 Å². The lowest BCUT2D eigenvalue weighted by Crippen LogP contribution is -2.19. The Balaban J connectivity index is 1.34. The maximum Gasteiger partial charge on any atom is 0.437 e. The van der Waals surface area contributed by atoms with Gasteiger partial charge in [-0.3, -0.25) is 4.79 Å². The van der Waals surface area contributed by atoms with E-state index in [-0.39, 0.29) is 28.8 Å². The Bertz CT molecular complexity index is 1220. The van der Waals surface area contributed by atoms with Crippen LogP contribution in [0.2, 0.25) is 0 Å². The molecule has 3 aromatic rings. The summed E-state index contributed by atoms with van der Waals surface area (Å²) in [5.41, 5.74) is 2.05. The molecule has 0 amide bonds. The van der Waals surface area contributed by atoms with Gasteiger partial charge in [-0.15, -0.1) is 0 Å². The maximum absolute atomic E-state index is 13.2. The smallest absolute Gasteiger partial charge is 0.437 e. The van der Waals surface area contributed by atoms with Crippen LogP contribution in [0.15, 0.2) is 34.9 Å². The number of nitrogens with zero attached hydrogens (tertiary/aromatic N) is 1. The topological polar surface area (TPSA) is 70.8 Å². The van der Waals surface area contributed by atoms with E-state index >= 15 is 0 Å². The molecule has 2 atom stereocenters. The molecule has 1 unspecified atom stereocenters.